The number of hydrogen-bond acceptors (Lipinski definition) is 5. The van der Waals surface area contributed by atoms with Crippen LogP contribution in [0.4, 0.5) is 18.9 Å². The van der Waals surface area contributed by atoms with Crippen LogP contribution in [0.3, 0.4) is 0 Å². The molecule has 3 aromatic rings. The third-order valence-electron chi connectivity index (χ3n) is 4.96. The summed E-state index contributed by atoms with van der Waals surface area (Å²) < 4.78 is 65.2. The van der Waals surface area contributed by atoms with E-state index in [0.29, 0.717) is 29.7 Å². The van der Waals surface area contributed by atoms with Crippen molar-refractivity contribution < 1.29 is 21.6 Å². The molecule has 1 aliphatic carbocycles. The number of halogens is 3. The van der Waals surface area contributed by atoms with Crippen molar-refractivity contribution in [3.8, 4) is 6.07 Å². The fourth-order valence-corrected chi connectivity index (χ4v) is 4.54. The number of sulfonamides is 1. The van der Waals surface area contributed by atoms with E-state index < -0.39 is 21.8 Å². The van der Waals surface area contributed by atoms with Crippen molar-refractivity contribution in [2.24, 2.45) is 0 Å². The first-order chi connectivity index (χ1) is 14.7. The van der Waals surface area contributed by atoms with Crippen LogP contribution in [0.1, 0.15) is 24.0 Å². The van der Waals surface area contributed by atoms with Gasteiger partial charge in [0.15, 0.2) is 0 Å². The smallest absolute Gasteiger partial charge is 0.360 e. The Bertz CT molecular complexity index is 1300. The second kappa shape index (κ2) is 7.72. The molecule has 11 heteroatoms. The van der Waals surface area contributed by atoms with Gasteiger partial charge in [-0.25, -0.2) is 18.1 Å². The molecule has 0 spiro atoms. The molecule has 0 atom stereocenters. The summed E-state index contributed by atoms with van der Waals surface area (Å²) in [4.78, 5) is 6.90. The van der Waals surface area contributed by atoms with Crippen LogP contribution in [0.15, 0.2) is 59.4 Å². The molecule has 1 saturated carbocycles. The summed E-state index contributed by atoms with van der Waals surface area (Å²) in [6, 6.07) is 6.89. The van der Waals surface area contributed by atoms with Gasteiger partial charge in [0.25, 0.3) is 0 Å². The van der Waals surface area contributed by atoms with Gasteiger partial charge < -0.3 is 10.3 Å². The third-order valence-corrected chi connectivity index (χ3v) is 6.50. The van der Waals surface area contributed by atoms with E-state index in [2.05, 4.69) is 26.1 Å². The van der Waals surface area contributed by atoms with E-state index in [0.717, 1.165) is 35.2 Å². The molecule has 0 radical (unpaired) electrons. The van der Waals surface area contributed by atoms with Gasteiger partial charge in [-0.2, -0.15) is 18.4 Å². The van der Waals surface area contributed by atoms with Gasteiger partial charge in [0.05, 0.1) is 21.7 Å². The monoisotopic (exact) mass is 447 g/mol. The van der Waals surface area contributed by atoms with Gasteiger partial charge in [0.1, 0.15) is 11.7 Å². The molecular formula is C20H16F3N5O2S. The van der Waals surface area contributed by atoms with Gasteiger partial charge >= 0.3 is 6.18 Å². The summed E-state index contributed by atoms with van der Waals surface area (Å²) in [5, 5.41) is 13.2. The Morgan fingerprint density at radius 2 is 1.90 bits per heavy atom. The van der Waals surface area contributed by atoms with Gasteiger partial charge in [0.2, 0.25) is 10.0 Å². The highest BCUT2D eigenvalue weighted by atomic mass is 32.2. The third kappa shape index (κ3) is 4.26. The minimum Gasteiger partial charge on any atom is -0.360 e. The molecule has 1 aliphatic rings. The molecule has 4 rings (SSSR count). The molecule has 0 bridgehead atoms. The fourth-order valence-electron chi connectivity index (χ4n) is 3.31. The van der Waals surface area contributed by atoms with Crippen LogP contribution in [0.2, 0.25) is 0 Å². The number of benzene rings is 1. The number of rotatable bonds is 5. The van der Waals surface area contributed by atoms with E-state index in [1.165, 1.54) is 6.20 Å². The molecular weight excluding hydrogens is 431 g/mol. The van der Waals surface area contributed by atoms with Crippen LogP contribution in [0.5, 0.6) is 0 Å². The number of aromatic nitrogens is 2. The molecule has 2 heterocycles. The van der Waals surface area contributed by atoms with E-state index in [4.69, 9.17) is 0 Å². The van der Waals surface area contributed by atoms with Crippen LogP contribution in [0, 0.1) is 11.3 Å². The quantitative estimate of drug-likeness (QED) is 0.550. The van der Waals surface area contributed by atoms with Crippen LogP contribution in [-0.2, 0) is 16.2 Å². The van der Waals surface area contributed by atoms with Crippen molar-refractivity contribution in [3.63, 3.8) is 0 Å². The average molecular weight is 447 g/mol. The summed E-state index contributed by atoms with van der Waals surface area (Å²) >= 11 is 0. The minimum absolute atomic E-state index is 0.221. The lowest BCUT2D eigenvalue weighted by molar-refractivity contribution is -0.137. The molecule has 0 amide bonds. The normalized spacial score (nSPS) is 16.6. The zero-order valence-corrected chi connectivity index (χ0v) is 16.7. The highest BCUT2D eigenvalue weighted by molar-refractivity contribution is 7.89. The fraction of sp³-hybridized carbons (Fsp3) is 0.200. The van der Waals surface area contributed by atoms with Gasteiger partial charge in [-0.1, -0.05) is 5.57 Å². The number of nitrogens with zero attached hydrogens (tertiary/aromatic N) is 2. The molecule has 7 nitrogen and oxygen atoms in total. The van der Waals surface area contributed by atoms with Crippen molar-refractivity contribution in [2.45, 2.75) is 30.0 Å². The SMILES string of the molecule is N#Cc1cnc2[nH]ccc2c1NC=C1CC(NS(=O)(=O)c2ccc(C(F)(F)F)cc2)C1. The molecule has 0 aliphatic heterocycles. The first kappa shape index (κ1) is 20.9. The number of nitriles is 1. The number of anilines is 1. The Morgan fingerprint density at radius 1 is 1.19 bits per heavy atom. The van der Waals surface area contributed by atoms with Crippen molar-refractivity contribution in [2.75, 3.05) is 5.32 Å². The second-order valence-corrected chi connectivity index (χ2v) is 8.81. The predicted octanol–water partition coefficient (Wildman–Crippen LogP) is 3.89. The van der Waals surface area contributed by atoms with E-state index in [1.54, 1.807) is 18.5 Å². The number of nitrogens with one attached hydrogen (secondary N) is 3. The van der Waals surface area contributed by atoms with Gasteiger partial charge in [-0.05, 0) is 43.2 Å². The summed E-state index contributed by atoms with van der Waals surface area (Å²) in [6.45, 7) is 0. The van der Waals surface area contributed by atoms with Crippen molar-refractivity contribution >= 4 is 26.7 Å². The van der Waals surface area contributed by atoms with E-state index in [9.17, 15) is 26.9 Å². The molecule has 160 valence electrons. The highest BCUT2D eigenvalue weighted by Gasteiger charge is 2.32. The Hall–Kier alpha value is -3.36. The average Bonchev–Trinajstić information content (AvgIpc) is 3.17. The Labute approximate surface area is 175 Å². The Morgan fingerprint density at radius 3 is 2.55 bits per heavy atom. The molecule has 0 unspecified atom stereocenters. The standard InChI is InChI=1S/C20H16F3N5O2S/c21-20(22,23)14-1-3-16(4-2-14)31(29,30)28-15-7-12(8-15)10-26-18-13(9-24)11-27-19-17(18)5-6-25-19/h1-6,10-11,15,28H,7-8H2,(H2,25,26,27). The molecule has 1 aromatic carbocycles. The first-order valence-corrected chi connectivity index (χ1v) is 10.7. The number of pyridine rings is 1. The van der Waals surface area contributed by atoms with Gasteiger partial charge in [-0.15, -0.1) is 0 Å². The van der Waals surface area contributed by atoms with E-state index >= 15 is 0 Å². The molecule has 2 aromatic heterocycles. The van der Waals surface area contributed by atoms with Crippen molar-refractivity contribution in [1.29, 1.82) is 5.26 Å². The largest absolute Gasteiger partial charge is 0.416 e. The maximum atomic E-state index is 12.6. The summed E-state index contributed by atoms with van der Waals surface area (Å²) in [5.74, 6) is 0. The molecule has 3 N–H and O–H groups in total. The molecule has 1 fully saturated rings. The summed E-state index contributed by atoms with van der Waals surface area (Å²) in [6.07, 6.45) is 1.26. The number of aromatic amines is 1. The van der Waals surface area contributed by atoms with E-state index in [-0.39, 0.29) is 10.9 Å². The predicted molar refractivity (Wildman–Crippen MR) is 107 cm³/mol. The summed E-state index contributed by atoms with van der Waals surface area (Å²) in [5.41, 5.74) is 1.65. The van der Waals surface area contributed by atoms with Crippen LogP contribution in [-0.4, -0.2) is 24.4 Å². The van der Waals surface area contributed by atoms with Crippen molar-refractivity contribution in [3.05, 3.63) is 65.6 Å². The summed E-state index contributed by atoms with van der Waals surface area (Å²) in [7, 11) is -3.93. The lowest BCUT2D eigenvalue weighted by Gasteiger charge is -2.30. The zero-order chi connectivity index (χ0) is 22.2. The maximum Gasteiger partial charge on any atom is 0.416 e. The highest BCUT2D eigenvalue weighted by Crippen LogP contribution is 2.32. The van der Waals surface area contributed by atoms with Crippen LogP contribution >= 0.6 is 0 Å². The zero-order valence-electron chi connectivity index (χ0n) is 15.9. The second-order valence-electron chi connectivity index (χ2n) is 7.09. The number of H-pyrrole nitrogens is 1. The van der Waals surface area contributed by atoms with Crippen molar-refractivity contribution in [1.82, 2.24) is 14.7 Å². The number of fused-ring (bicyclic) bond motifs is 1. The molecule has 0 saturated heterocycles. The lowest BCUT2D eigenvalue weighted by atomic mass is 9.88. The number of hydrogen-bond donors (Lipinski definition) is 3. The topological polar surface area (TPSA) is 111 Å². The van der Waals surface area contributed by atoms with Gasteiger partial charge in [0, 0.05) is 30.0 Å². The minimum atomic E-state index is -4.53. The van der Waals surface area contributed by atoms with Gasteiger partial charge in [-0.3, -0.25) is 0 Å². The molecule has 31 heavy (non-hydrogen) atoms. The first-order valence-electron chi connectivity index (χ1n) is 9.17. The van der Waals surface area contributed by atoms with Crippen LogP contribution in [0.25, 0.3) is 11.0 Å². The Kier molecular flexibility index (Phi) is 5.20. The maximum absolute atomic E-state index is 12.6. The number of alkyl halides is 3. The lowest BCUT2D eigenvalue weighted by Crippen LogP contribution is -2.40. The van der Waals surface area contributed by atoms with Crippen LogP contribution < -0.4 is 10.0 Å². The Balaban J connectivity index is 1.40. The van der Waals surface area contributed by atoms with E-state index in [1.807, 2.05) is 0 Å².